The van der Waals surface area contributed by atoms with E-state index in [0.717, 1.165) is 0 Å². The van der Waals surface area contributed by atoms with E-state index in [2.05, 4.69) is 0 Å². The topological polar surface area (TPSA) is 57.6 Å². The van der Waals surface area contributed by atoms with Gasteiger partial charge in [-0.05, 0) is 32.1 Å². The van der Waals surface area contributed by atoms with Gasteiger partial charge in [-0.15, -0.1) is 0 Å². The van der Waals surface area contributed by atoms with E-state index >= 15 is 0 Å². The molecule has 1 aliphatic carbocycles. The van der Waals surface area contributed by atoms with Crippen molar-refractivity contribution in [2.75, 3.05) is 13.6 Å². The van der Waals surface area contributed by atoms with Gasteiger partial charge in [0.15, 0.2) is 0 Å². The van der Waals surface area contributed by atoms with Gasteiger partial charge in [0.1, 0.15) is 0 Å². The Hall–Kier alpha value is -1.27. The van der Waals surface area contributed by atoms with Gasteiger partial charge in [0, 0.05) is 25.9 Å². The lowest BCUT2D eigenvalue weighted by Crippen LogP contribution is -2.37. The molecule has 20 heavy (non-hydrogen) atoms. The minimum absolute atomic E-state index is 0.00285. The first-order valence-corrected chi connectivity index (χ1v) is 6.75. The summed E-state index contributed by atoms with van der Waals surface area (Å²) in [4.78, 5) is 23.8. The van der Waals surface area contributed by atoms with Gasteiger partial charge in [-0.2, -0.15) is 13.2 Å². The van der Waals surface area contributed by atoms with Crippen molar-refractivity contribution >= 4 is 11.9 Å². The maximum absolute atomic E-state index is 12.5. The summed E-state index contributed by atoms with van der Waals surface area (Å²) in [7, 11) is 1.57. The zero-order valence-electron chi connectivity index (χ0n) is 11.4. The van der Waals surface area contributed by atoms with E-state index in [1.165, 1.54) is 4.90 Å². The number of rotatable bonds is 5. The number of nitrogens with zero attached hydrogens (tertiary/aromatic N) is 1. The third-order valence-electron chi connectivity index (χ3n) is 3.80. The fourth-order valence-corrected chi connectivity index (χ4v) is 2.56. The molecule has 0 bridgehead atoms. The molecule has 0 heterocycles. The second-order valence-electron chi connectivity index (χ2n) is 5.35. The summed E-state index contributed by atoms with van der Waals surface area (Å²) < 4.78 is 37.6. The van der Waals surface area contributed by atoms with E-state index < -0.39 is 18.1 Å². The lowest BCUT2D eigenvalue weighted by Gasteiger charge is -2.31. The normalized spacial score (nSPS) is 23.4. The highest BCUT2D eigenvalue weighted by molar-refractivity contribution is 5.78. The quantitative estimate of drug-likeness (QED) is 0.848. The van der Waals surface area contributed by atoms with Gasteiger partial charge in [-0.25, -0.2) is 0 Å². The predicted octanol–water partition coefficient (Wildman–Crippen LogP) is 2.68. The van der Waals surface area contributed by atoms with Crippen molar-refractivity contribution in [3.05, 3.63) is 0 Å². The second kappa shape index (κ2) is 6.95. The first-order chi connectivity index (χ1) is 9.21. The molecule has 0 aromatic rings. The number of halogens is 3. The number of carbonyl (C=O) groups excluding carboxylic acids is 1. The van der Waals surface area contributed by atoms with Gasteiger partial charge >= 0.3 is 12.1 Å². The van der Waals surface area contributed by atoms with Crippen LogP contribution in [-0.4, -0.2) is 41.7 Å². The number of carboxylic acids is 1. The Labute approximate surface area is 115 Å². The van der Waals surface area contributed by atoms with Crippen LogP contribution >= 0.6 is 0 Å². The Balaban J connectivity index is 2.36. The van der Waals surface area contributed by atoms with E-state index in [1.807, 2.05) is 0 Å². The molecule has 0 unspecified atom stereocenters. The third-order valence-corrected chi connectivity index (χ3v) is 3.80. The second-order valence-corrected chi connectivity index (χ2v) is 5.35. The van der Waals surface area contributed by atoms with E-state index in [1.54, 1.807) is 7.05 Å². The van der Waals surface area contributed by atoms with Crippen LogP contribution in [0, 0.1) is 11.8 Å². The zero-order chi connectivity index (χ0) is 15.3. The Morgan fingerprint density at radius 3 is 2.20 bits per heavy atom. The van der Waals surface area contributed by atoms with E-state index in [9.17, 15) is 22.8 Å². The van der Waals surface area contributed by atoms with Crippen LogP contribution in [0.25, 0.3) is 0 Å². The lowest BCUT2D eigenvalue weighted by atomic mass is 9.81. The number of hydrogen-bond acceptors (Lipinski definition) is 2. The molecule has 4 nitrogen and oxygen atoms in total. The average Bonchev–Trinajstić information content (AvgIpc) is 2.36. The molecule has 0 aliphatic heterocycles. The third kappa shape index (κ3) is 5.02. The van der Waals surface area contributed by atoms with Crippen LogP contribution < -0.4 is 0 Å². The maximum Gasteiger partial charge on any atom is 0.391 e. The molecule has 1 amide bonds. The standard InChI is InChI=1S/C13H20F3NO3/c1-17(8-2-3-11(18)19)12(20)9-4-6-10(7-5-9)13(14,15)16/h9-10H,2-8H2,1H3,(H,18,19). The molecule has 0 radical (unpaired) electrons. The van der Waals surface area contributed by atoms with Gasteiger partial charge < -0.3 is 10.0 Å². The van der Waals surface area contributed by atoms with Crippen molar-refractivity contribution in [2.24, 2.45) is 11.8 Å². The molecule has 1 saturated carbocycles. The molecule has 116 valence electrons. The molecule has 1 N–H and O–H groups in total. The Morgan fingerprint density at radius 2 is 1.75 bits per heavy atom. The summed E-state index contributed by atoms with van der Waals surface area (Å²) in [5.41, 5.74) is 0. The number of carboxylic acid groups (broad SMARTS) is 1. The van der Waals surface area contributed by atoms with Crippen molar-refractivity contribution in [1.82, 2.24) is 4.90 Å². The summed E-state index contributed by atoms with van der Waals surface area (Å²) in [6.07, 6.45) is -3.31. The van der Waals surface area contributed by atoms with E-state index in [-0.39, 0.29) is 43.9 Å². The van der Waals surface area contributed by atoms with Gasteiger partial charge in [-0.3, -0.25) is 9.59 Å². The summed E-state index contributed by atoms with van der Waals surface area (Å²) in [6, 6.07) is 0. The van der Waals surface area contributed by atoms with Crippen LogP contribution in [0.4, 0.5) is 13.2 Å². The summed E-state index contributed by atoms with van der Waals surface area (Å²) >= 11 is 0. The lowest BCUT2D eigenvalue weighted by molar-refractivity contribution is -0.185. The zero-order valence-corrected chi connectivity index (χ0v) is 11.4. The summed E-state index contributed by atoms with van der Waals surface area (Å²) in [5, 5.41) is 8.51. The van der Waals surface area contributed by atoms with E-state index in [4.69, 9.17) is 5.11 Å². The summed E-state index contributed by atoms with van der Waals surface area (Å²) in [6.45, 7) is 0.324. The number of carbonyl (C=O) groups is 2. The average molecular weight is 295 g/mol. The highest BCUT2D eigenvalue weighted by atomic mass is 19.4. The minimum Gasteiger partial charge on any atom is -0.481 e. The molecule has 1 rings (SSSR count). The predicted molar refractivity (Wildman–Crippen MR) is 66.0 cm³/mol. The number of alkyl halides is 3. The van der Waals surface area contributed by atoms with Crippen LogP contribution in [0.3, 0.4) is 0 Å². The molecule has 0 spiro atoms. The van der Waals surface area contributed by atoms with Crippen LogP contribution in [0.2, 0.25) is 0 Å². The molecule has 0 aromatic carbocycles. The van der Waals surface area contributed by atoms with Gasteiger partial charge in [-0.1, -0.05) is 0 Å². The molecule has 0 atom stereocenters. The Kier molecular flexibility index (Phi) is 5.83. The maximum atomic E-state index is 12.5. The Bertz CT molecular complexity index is 349. The first-order valence-electron chi connectivity index (χ1n) is 6.75. The fraction of sp³-hybridized carbons (Fsp3) is 0.846. The molecule has 0 saturated heterocycles. The van der Waals surface area contributed by atoms with Crippen molar-refractivity contribution in [1.29, 1.82) is 0 Å². The molecule has 0 aromatic heterocycles. The first kappa shape index (κ1) is 16.8. The monoisotopic (exact) mass is 295 g/mol. The molecule has 7 heteroatoms. The van der Waals surface area contributed by atoms with E-state index in [0.29, 0.717) is 13.0 Å². The fourth-order valence-electron chi connectivity index (χ4n) is 2.56. The van der Waals surface area contributed by atoms with Gasteiger partial charge in [0.05, 0.1) is 5.92 Å². The SMILES string of the molecule is CN(CCCC(=O)O)C(=O)C1CCC(C(F)(F)F)CC1. The minimum atomic E-state index is -4.17. The smallest absolute Gasteiger partial charge is 0.391 e. The van der Waals surface area contributed by atoms with Crippen LogP contribution in [0.1, 0.15) is 38.5 Å². The largest absolute Gasteiger partial charge is 0.481 e. The number of aliphatic carboxylic acids is 1. The summed E-state index contributed by atoms with van der Waals surface area (Å²) in [5.74, 6) is -2.74. The van der Waals surface area contributed by atoms with Crippen LogP contribution in [0.5, 0.6) is 0 Å². The van der Waals surface area contributed by atoms with Crippen LogP contribution in [0.15, 0.2) is 0 Å². The Morgan fingerprint density at radius 1 is 1.20 bits per heavy atom. The molecule has 1 aliphatic rings. The van der Waals surface area contributed by atoms with Crippen molar-refractivity contribution in [3.63, 3.8) is 0 Å². The van der Waals surface area contributed by atoms with Gasteiger partial charge in [0.2, 0.25) is 5.91 Å². The van der Waals surface area contributed by atoms with Crippen LogP contribution in [-0.2, 0) is 9.59 Å². The van der Waals surface area contributed by atoms with Gasteiger partial charge in [0.25, 0.3) is 0 Å². The molecular formula is C13H20F3NO3. The van der Waals surface area contributed by atoms with Crippen molar-refractivity contribution < 1.29 is 27.9 Å². The number of amides is 1. The van der Waals surface area contributed by atoms with Crippen molar-refractivity contribution in [2.45, 2.75) is 44.7 Å². The molecular weight excluding hydrogens is 275 g/mol. The molecule has 1 fully saturated rings. The number of hydrogen-bond donors (Lipinski definition) is 1. The highest BCUT2D eigenvalue weighted by Gasteiger charge is 2.42. The van der Waals surface area contributed by atoms with Crippen molar-refractivity contribution in [3.8, 4) is 0 Å². The highest BCUT2D eigenvalue weighted by Crippen LogP contribution is 2.39.